The summed E-state index contributed by atoms with van der Waals surface area (Å²) in [5.74, 6) is 0.633. The topological polar surface area (TPSA) is 47.7 Å². The Morgan fingerprint density at radius 3 is 2.44 bits per heavy atom. The molecule has 2 unspecified atom stereocenters. The van der Waals surface area contributed by atoms with Gasteiger partial charge < -0.3 is 15.2 Å². The maximum atomic E-state index is 6.07. The Morgan fingerprint density at radius 2 is 1.94 bits per heavy atom. The fraction of sp³-hybridized carbons (Fsp3) is 1.00. The molecule has 0 radical (unpaired) electrons. The van der Waals surface area contributed by atoms with Crippen molar-refractivity contribution in [2.24, 2.45) is 11.7 Å². The van der Waals surface area contributed by atoms with E-state index in [4.69, 9.17) is 15.2 Å². The second-order valence-corrected chi connectivity index (χ2v) is 4.53. The second kappa shape index (κ2) is 7.22. The minimum Gasteiger partial charge on any atom is -0.352 e. The standard InChI is InChI=1S/C12H26N2O2/c1-4-15-12(16-5-2)9-14-7-6-10(3)11(13)8-14/h10-12H,4-9,13H2,1-3H3. The lowest BCUT2D eigenvalue weighted by Crippen LogP contribution is -2.50. The summed E-state index contributed by atoms with van der Waals surface area (Å²) in [6, 6.07) is 0.289. The van der Waals surface area contributed by atoms with Crippen molar-refractivity contribution in [3.05, 3.63) is 0 Å². The number of hydrogen-bond acceptors (Lipinski definition) is 4. The summed E-state index contributed by atoms with van der Waals surface area (Å²) < 4.78 is 11.1. The highest BCUT2D eigenvalue weighted by Gasteiger charge is 2.25. The van der Waals surface area contributed by atoms with Gasteiger partial charge in [-0.3, -0.25) is 4.90 Å². The first-order chi connectivity index (χ1) is 7.67. The average Bonchev–Trinajstić information content (AvgIpc) is 2.24. The Hall–Kier alpha value is -0.160. The van der Waals surface area contributed by atoms with Gasteiger partial charge in [-0.1, -0.05) is 6.92 Å². The third-order valence-electron chi connectivity index (χ3n) is 3.21. The maximum absolute atomic E-state index is 6.07. The van der Waals surface area contributed by atoms with Crippen molar-refractivity contribution in [1.82, 2.24) is 4.90 Å². The van der Waals surface area contributed by atoms with E-state index in [1.807, 2.05) is 13.8 Å². The predicted octanol–water partition coefficient (Wildman–Crippen LogP) is 1.05. The molecule has 0 aromatic carbocycles. The van der Waals surface area contributed by atoms with Gasteiger partial charge in [0.05, 0.1) is 0 Å². The highest BCUT2D eigenvalue weighted by atomic mass is 16.7. The Kier molecular flexibility index (Phi) is 6.28. The van der Waals surface area contributed by atoms with Crippen LogP contribution in [-0.2, 0) is 9.47 Å². The predicted molar refractivity (Wildman–Crippen MR) is 65.2 cm³/mol. The van der Waals surface area contributed by atoms with Crippen LogP contribution in [0.5, 0.6) is 0 Å². The second-order valence-electron chi connectivity index (χ2n) is 4.53. The van der Waals surface area contributed by atoms with E-state index in [1.165, 1.54) is 6.42 Å². The Bertz CT molecular complexity index is 184. The van der Waals surface area contributed by atoms with Crippen LogP contribution in [0, 0.1) is 5.92 Å². The monoisotopic (exact) mass is 230 g/mol. The van der Waals surface area contributed by atoms with Crippen LogP contribution in [0.1, 0.15) is 27.2 Å². The molecule has 0 aliphatic carbocycles. The van der Waals surface area contributed by atoms with Gasteiger partial charge in [0.2, 0.25) is 0 Å². The molecule has 1 heterocycles. The summed E-state index contributed by atoms with van der Waals surface area (Å²) in [7, 11) is 0. The van der Waals surface area contributed by atoms with Gasteiger partial charge in [-0.2, -0.15) is 0 Å². The van der Waals surface area contributed by atoms with Gasteiger partial charge in [0.1, 0.15) is 0 Å². The molecule has 1 rings (SSSR count). The first kappa shape index (κ1) is 13.9. The highest BCUT2D eigenvalue weighted by molar-refractivity contribution is 4.80. The van der Waals surface area contributed by atoms with E-state index in [2.05, 4.69) is 11.8 Å². The Morgan fingerprint density at radius 1 is 1.31 bits per heavy atom. The van der Waals surface area contributed by atoms with Crippen molar-refractivity contribution in [3.63, 3.8) is 0 Å². The molecule has 1 fully saturated rings. The van der Waals surface area contributed by atoms with Crippen molar-refractivity contribution in [1.29, 1.82) is 0 Å². The quantitative estimate of drug-likeness (QED) is 0.693. The maximum Gasteiger partial charge on any atom is 0.170 e. The number of ether oxygens (including phenoxy) is 2. The molecule has 0 saturated carbocycles. The lowest BCUT2D eigenvalue weighted by molar-refractivity contribution is -0.149. The van der Waals surface area contributed by atoms with Crippen LogP contribution >= 0.6 is 0 Å². The van der Waals surface area contributed by atoms with Crippen LogP contribution in [0.25, 0.3) is 0 Å². The number of piperidine rings is 1. The van der Waals surface area contributed by atoms with E-state index in [1.54, 1.807) is 0 Å². The number of nitrogens with two attached hydrogens (primary N) is 1. The van der Waals surface area contributed by atoms with Crippen LogP contribution in [-0.4, -0.2) is 50.1 Å². The van der Waals surface area contributed by atoms with Crippen molar-refractivity contribution < 1.29 is 9.47 Å². The smallest absolute Gasteiger partial charge is 0.170 e. The van der Waals surface area contributed by atoms with Gasteiger partial charge in [-0.15, -0.1) is 0 Å². The van der Waals surface area contributed by atoms with E-state index in [0.29, 0.717) is 19.1 Å². The van der Waals surface area contributed by atoms with Gasteiger partial charge in [-0.25, -0.2) is 0 Å². The van der Waals surface area contributed by atoms with Crippen LogP contribution < -0.4 is 5.73 Å². The van der Waals surface area contributed by atoms with Gasteiger partial charge in [0.25, 0.3) is 0 Å². The molecular weight excluding hydrogens is 204 g/mol. The van der Waals surface area contributed by atoms with E-state index in [-0.39, 0.29) is 12.3 Å². The third-order valence-corrected chi connectivity index (χ3v) is 3.21. The fourth-order valence-electron chi connectivity index (χ4n) is 2.07. The molecule has 0 aromatic rings. The van der Waals surface area contributed by atoms with Crippen LogP contribution in [0.2, 0.25) is 0 Å². The zero-order valence-corrected chi connectivity index (χ0v) is 10.8. The molecule has 0 bridgehead atoms. The first-order valence-electron chi connectivity index (χ1n) is 6.38. The molecule has 2 N–H and O–H groups in total. The zero-order chi connectivity index (χ0) is 12.0. The molecule has 2 atom stereocenters. The summed E-state index contributed by atoms with van der Waals surface area (Å²) in [5.41, 5.74) is 6.07. The summed E-state index contributed by atoms with van der Waals surface area (Å²) >= 11 is 0. The van der Waals surface area contributed by atoms with Crippen molar-refractivity contribution >= 4 is 0 Å². The van der Waals surface area contributed by atoms with Gasteiger partial charge in [-0.05, 0) is 32.7 Å². The summed E-state index contributed by atoms with van der Waals surface area (Å²) in [5, 5.41) is 0. The zero-order valence-electron chi connectivity index (χ0n) is 10.8. The molecule has 0 aromatic heterocycles. The van der Waals surface area contributed by atoms with Crippen molar-refractivity contribution in [3.8, 4) is 0 Å². The largest absolute Gasteiger partial charge is 0.352 e. The number of likely N-dealkylation sites (tertiary alicyclic amines) is 1. The molecule has 4 nitrogen and oxygen atoms in total. The molecule has 1 aliphatic rings. The van der Waals surface area contributed by atoms with Gasteiger partial charge >= 0.3 is 0 Å². The van der Waals surface area contributed by atoms with Crippen LogP contribution in [0.15, 0.2) is 0 Å². The van der Waals surface area contributed by atoms with Crippen LogP contribution in [0.4, 0.5) is 0 Å². The summed E-state index contributed by atoms with van der Waals surface area (Å²) in [6.07, 6.45) is 1.07. The molecule has 4 heteroatoms. The average molecular weight is 230 g/mol. The summed E-state index contributed by atoms with van der Waals surface area (Å²) in [4.78, 5) is 2.35. The Balaban J connectivity index is 2.33. The number of rotatable bonds is 6. The Labute approximate surface area is 99.1 Å². The van der Waals surface area contributed by atoms with Crippen molar-refractivity contribution in [2.75, 3.05) is 32.8 Å². The van der Waals surface area contributed by atoms with E-state index >= 15 is 0 Å². The molecule has 1 saturated heterocycles. The van der Waals surface area contributed by atoms with Crippen molar-refractivity contribution in [2.45, 2.75) is 39.5 Å². The SMILES string of the molecule is CCOC(CN1CCC(C)C(N)C1)OCC. The normalized spacial score (nSPS) is 27.6. The summed E-state index contributed by atoms with van der Waals surface area (Å²) in [6.45, 7) is 10.5. The first-order valence-corrected chi connectivity index (χ1v) is 6.38. The molecule has 96 valence electrons. The fourth-order valence-corrected chi connectivity index (χ4v) is 2.07. The molecule has 16 heavy (non-hydrogen) atoms. The molecule has 1 aliphatic heterocycles. The third kappa shape index (κ3) is 4.37. The van der Waals surface area contributed by atoms with Gasteiger partial charge in [0.15, 0.2) is 6.29 Å². The van der Waals surface area contributed by atoms with Gasteiger partial charge in [0, 0.05) is 32.3 Å². The van der Waals surface area contributed by atoms with E-state index in [0.717, 1.165) is 19.6 Å². The lowest BCUT2D eigenvalue weighted by Gasteiger charge is -2.36. The molecule has 0 spiro atoms. The highest BCUT2D eigenvalue weighted by Crippen LogP contribution is 2.16. The molecular formula is C12H26N2O2. The van der Waals surface area contributed by atoms with E-state index < -0.39 is 0 Å². The number of nitrogens with zero attached hydrogens (tertiary/aromatic N) is 1. The van der Waals surface area contributed by atoms with Crippen LogP contribution in [0.3, 0.4) is 0 Å². The van der Waals surface area contributed by atoms with E-state index in [9.17, 15) is 0 Å². The minimum atomic E-state index is -0.101. The molecule has 0 amide bonds. The lowest BCUT2D eigenvalue weighted by atomic mass is 9.94. The number of hydrogen-bond donors (Lipinski definition) is 1. The minimum absolute atomic E-state index is 0.101.